The van der Waals surface area contributed by atoms with Gasteiger partial charge in [0.2, 0.25) is 0 Å². The van der Waals surface area contributed by atoms with Gasteiger partial charge in [-0.3, -0.25) is 9.59 Å². The summed E-state index contributed by atoms with van der Waals surface area (Å²) in [5.74, 6) is 0.755. The van der Waals surface area contributed by atoms with E-state index in [1.54, 1.807) is 12.1 Å². The Hall–Kier alpha value is -2.42. The smallest absolute Gasteiger partial charge is 0.315 e. The number of hydrogen-bond acceptors (Lipinski definition) is 6. The van der Waals surface area contributed by atoms with Gasteiger partial charge < -0.3 is 19.9 Å². The number of carbonyl (C=O) groups excluding carboxylic acids is 2. The van der Waals surface area contributed by atoms with E-state index in [0.29, 0.717) is 17.5 Å². The Bertz CT molecular complexity index is 743. The Kier molecular flexibility index (Phi) is 5.64. The zero-order valence-electron chi connectivity index (χ0n) is 13.3. The lowest BCUT2D eigenvalue weighted by molar-refractivity contribution is -0.123. The van der Waals surface area contributed by atoms with Gasteiger partial charge in [-0.05, 0) is 37.1 Å². The first-order valence-corrected chi connectivity index (χ1v) is 8.68. The van der Waals surface area contributed by atoms with E-state index in [4.69, 9.17) is 9.26 Å². The van der Waals surface area contributed by atoms with Crippen LogP contribution in [0.3, 0.4) is 0 Å². The number of nitrogens with one attached hydrogen (secondary N) is 2. The second-order valence-electron chi connectivity index (χ2n) is 5.58. The molecule has 0 radical (unpaired) electrons. The third-order valence-corrected chi connectivity index (χ3v) is 4.02. The maximum absolute atomic E-state index is 11.8. The SMILES string of the molecule is O=C(COc1ccc(Br)cc1)NCCNC(=O)c1nc(C2CC2)no1. The zero-order chi connectivity index (χ0) is 17.6. The summed E-state index contributed by atoms with van der Waals surface area (Å²) in [6.07, 6.45) is 2.07. The van der Waals surface area contributed by atoms with Gasteiger partial charge in [-0.1, -0.05) is 21.1 Å². The monoisotopic (exact) mass is 408 g/mol. The molecule has 0 spiro atoms. The number of amides is 2. The highest BCUT2D eigenvalue weighted by molar-refractivity contribution is 9.10. The first kappa shape index (κ1) is 17.4. The van der Waals surface area contributed by atoms with Crippen LogP contribution >= 0.6 is 15.9 Å². The minimum absolute atomic E-state index is 0.0493. The summed E-state index contributed by atoms with van der Waals surface area (Å²) in [5.41, 5.74) is 0. The second kappa shape index (κ2) is 8.11. The molecule has 2 aromatic rings. The number of halogens is 1. The highest BCUT2D eigenvalue weighted by Gasteiger charge is 2.29. The van der Waals surface area contributed by atoms with Gasteiger partial charge in [0.1, 0.15) is 5.75 Å². The lowest BCUT2D eigenvalue weighted by Crippen LogP contribution is -2.36. The van der Waals surface area contributed by atoms with Crippen molar-refractivity contribution in [1.82, 2.24) is 20.8 Å². The van der Waals surface area contributed by atoms with E-state index in [2.05, 4.69) is 36.7 Å². The number of aromatic nitrogens is 2. The molecule has 2 N–H and O–H groups in total. The number of benzene rings is 1. The van der Waals surface area contributed by atoms with Crippen molar-refractivity contribution in [3.63, 3.8) is 0 Å². The van der Waals surface area contributed by atoms with Crippen molar-refractivity contribution in [2.24, 2.45) is 0 Å². The third-order valence-electron chi connectivity index (χ3n) is 3.49. The van der Waals surface area contributed by atoms with Crippen molar-refractivity contribution in [3.8, 4) is 5.75 Å². The van der Waals surface area contributed by atoms with Crippen LogP contribution in [0.2, 0.25) is 0 Å². The number of ether oxygens (including phenoxy) is 1. The van der Waals surface area contributed by atoms with Gasteiger partial charge in [0.05, 0.1) is 0 Å². The maximum atomic E-state index is 11.8. The molecule has 25 heavy (non-hydrogen) atoms. The van der Waals surface area contributed by atoms with Crippen molar-refractivity contribution in [3.05, 3.63) is 40.5 Å². The van der Waals surface area contributed by atoms with Crippen molar-refractivity contribution in [1.29, 1.82) is 0 Å². The molecule has 1 aliphatic rings. The van der Waals surface area contributed by atoms with E-state index in [-0.39, 0.29) is 31.5 Å². The fraction of sp³-hybridized carbons (Fsp3) is 0.375. The van der Waals surface area contributed by atoms with Gasteiger partial charge in [-0.15, -0.1) is 0 Å². The Morgan fingerprint density at radius 1 is 1.20 bits per heavy atom. The number of hydrogen-bond donors (Lipinski definition) is 2. The second-order valence-corrected chi connectivity index (χ2v) is 6.50. The van der Waals surface area contributed by atoms with Crippen LogP contribution in [0.5, 0.6) is 5.75 Å². The molecule has 1 heterocycles. The van der Waals surface area contributed by atoms with Gasteiger partial charge >= 0.3 is 11.8 Å². The molecule has 3 rings (SSSR count). The maximum Gasteiger partial charge on any atom is 0.315 e. The largest absolute Gasteiger partial charge is 0.484 e. The van der Waals surface area contributed by atoms with Crippen molar-refractivity contribution < 1.29 is 18.8 Å². The first-order valence-electron chi connectivity index (χ1n) is 7.88. The van der Waals surface area contributed by atoms with Gasteiger partial charge in [-0.2, -0.15) is 4.98 Å². The summed E-state index contributed by atoms with van der Waals surface area (Å²) in [4.78, 5) is 27.6. The number of nitrogens with zero attached hydrogens (tertiary/aromatic N) is 2. The fourth-order valence-electron chi connectivity index (χ4n) is 2.02. The van der Waals surface area contributed by atoms with Crippen LogP contribution in [0.15, 0.2) is 33.3 Å². The van der Waals surface area contributed by atoms with Crippen molar-refractivity contribution in [2.75, 3.05) is 19.7 Å². The van der Waals surface area contributed by atoms with E-state index in [1.165, 1.54) is 0 Å². The van der Waals surface area contributed by atoms with E-state index >= 15 is 0 Å². The molecule has 1 fully saturated rings. The van der Waals surface area contributed by atoms with Gasteiger partial charge in [0, 0.05) is 23.5 Å². The molecule has 1 aromatic carbocycles. The molecule has 1 aromatic heterocycles. The first-order chi connectivity index (χ1) is 12.1. The lowest BCUT2D eigenvalue weighted by atomic mass is 10.3. The van der Waals surface area contributed by atoms with Crippen LogP contribution in [0.1, 0.15) is 35.3 Å². The summed E-state index contributed by atoms with van der Waals surface area (Å²) < 4.78 is 11.2. The molecule has 132 valence electrons. The normalized spacial score (nSPS) is 13.3. The molecule has 9 heteroatoms. The van der Waals surface area contributed by atoms with Crippen molar-refractivity contribution in [2.45, 2.75) is 18.8 Å². The van der Waals surface area contributed by atoms with Gasteiger partial charge in [-0.25, -0.2) is 0 Å². The molecule has 0 saturated heterocycles. The quantitative estimate of drug-likeness (QED) is 0.642. The average molecular weight is 409 g/mol. The average Bonchev–Trinajstić information content (AvgIpc) is 3.35. The minimum atomic E-state index is -0.445. The van der Waals surface area contributed by atoms with Crippen LogP contribution in [-0.4, -0.2) is 41.7 Å². The summed E-state index contributed by atoms with van der Waals surface area (Å²) in [7, 11) is 0. The zero-order valence-corrected chi connectivity index (χ0v) is 14.9. The standard InChI is InChI=1S/C16H17BrN4O4/c17-11-3-5-12(6-4-11)24-9-13(22)18-7-8-19-15(23)16-20-14(21-25-16)10-1-2-10/h3-6,10H,1-2,7-9H2,(H,18,22)(H,19,23). The predicted octanol–water partition coefficient (Wildman–Crippen LogP) is 1.63. The van der Waals surface area contributed by atoms with E-state index in [1.807, 2.05) is 12.1 Å². The Morgan fingerprint density at radius 3 is 2.64 bits per heavy atom. The van der Waals surface area contributed by atoms with Crippen LogP contribution in [0.4, 0.5) is 0 Å². The van der Waals surface area contributed by atoms with E-state index < -0.39 is 5.91 Å². The molecular weight excluding hydrogens is 392 g/mol. The molecular formula is C16H17BrN4O4. The van der Waals surface area contributed by atoms with Gasteiger partial charge in [0.15, 0.2) is 12.4 Å². The highest BCUT2D eigenvalue weighted by atomic mass is 79.9. The lowest BCUT2D eigenvalue weighted by Gasteiger charge is -2.07. The topological polar surface area (TPSA) is 106 Å². The molecule has 0 aliphatic heterocycles. The Labute approximate surface area is 152 Å². The van der Waals surface area contributed by atoms with Crippen molar-refractivity contribution >= 4 is 27.7 Å². The molecule has 0 unspecified atom stereocenters. The fourth-order valence-corrected chi connectivity index (χ4v) is 2.28. The molecule has 0 bridgehead atoms. The van der Waals surface area contributed by atoms with Crippen LogP contribution in [0.25, 0.3) is 0 Å². The van der Waals surface area contributed by atoms with Gasteiger partial charge in [0.25, 0.3) is 5.91 Å². The third kappa shape index (κ3) is 5.28. The summed E-state index contributed by atoms with van der Waals surface area (Å²) >= 11 is 3.32. The van der Waals surface area contributed by atoms with Crippen LogP contribution < -0.4 is 15.4 Å². The molecule has 8 nitrogen and oxygen atoms in total. The number of rotatable bonds is 8. The molecule has 2 amide bonds. The summed E-state index contributed by atoms with van der Waals surface area (Å²) in [5, 5.41) is 9.04. The molecule has 1 saturated carbocycles. The summed E-state index contributed by atoms with van der Waals surface area (Å²) in [6.45, 7) is 0.436. The molecule has 0 atom stereocenters. The van der Waals surface area contributed by atoms with E-state index in [9.17, 15) is 9.59 Å². The number of carbonyl (C=O) groups is 2. The van der Waals surface area contributed by atoms with Crippen LogP contribution in [0, 0.1) is 0 Å². The highest BCUT2D eigenvalue weighted by Crippen LogP contribution is 2.38. The minimum Gasteiger partial charge on any atom is -0.484 e. The Morgan fingerprint density at radius 2 is 1.92 bits per heavy atom. The van der Waals surface area contributed by atoms with Crippen LogP contribution in [-0.2, 0) is 4.79 Å². The predicted molar refractivity (Wildman–Crippen MR) is 91.3 cm³/mol. The Balaban J connectivity index is 1.31. The van der Waals surface area contributed by atoms with E-state index in [0.717, 1.165) is 17.3 Å². The molecule has 1 aliphatic carbocycles. The summed E-state index contributed by atoms with van der Waals surface area (Å²) in [6, 6.07) is 7.18.